The Bertz CT molecular complexity index is 276. The van der Waals surface area contributed by atoms with Crippen LogP contribution in [0, 0.1) is 0 Å². The highest BCUT2D eigenvalue weighted by atomic mass is 35.5. The molecule has 0 aliphatic heterocycles. The highest BCUT2D eigenvalue weighted by Gasteiger charge is 2.02. The molecular weight excluding hydrogens is 213 g/mol. The van der Waals surface area contributed by atoms with Gasteiger partial charge in [0.1, 0.15) is 5.15 Å². The van der Waals surface area contributed by atoms with Gasteiger partial charge in [0.15, 0.2) is 0 Å². The van der Waals surface area contributed by atoms with Crippen molar-refractivity contribution in [1.29, 1.82) is 0 Å². The number of hydrogen-bond acceptors (Lipinski definition) is 2. The van der Waals surface area contributed by atoms with Crippen LogP contribution in [0.25, 0.3) is 0 Å². The van der Waals surface area contributed by atoms with Gasteiger partial charge in [-0.2, -0.15) is 0 Å². The van der Waals surface area contributed by atoms with Gasteiger partial charge in [0.25, 0.3) is 0 Å². The number of nitrogens with zero attached hydrogens (tertiary/aromatic N) is 1. The summed E-state index contributed by atoms with van der Waals surface area (Å²) >= 11 is 13.2. The summed E-state index contributed by atoms with van der Waals surface area (Å²) in [7, 11) is 0. The third-order valence-corrected chi connectivity index (χ3v) is 2.80. The van der Waals surface area contributed by atoms with Crippen LogP contribution < -0.4 is 0 Å². The molecule has 0 saturated heterocycles. The Morgan fingerprint density at radius 2 is 2.08 bits per heavy atom. The third-order valence-electron chi connectivity index (χ3n) is 1.14. The number of halogens is 2. The zero-order chi connectivity index (χ0) is 9.14. The largest absolute Gasteiger partial charge is 0.242 e. The molecule has 0 saturated carbocycles. The zero-order valence-electron chi connectivity index (χ0n) is 6.84. The number of thioether (sulfide) groups is 1. The van der Waals surface area contributed by atoms with E-state index in [1.54, 1.807) is 18.0 Å². The molecule has 0 amide bonds. The van der Waals surface area contributed by atoms with Gasteiger partial charge in [-0.25, -0.2) is 4.98 Å². The fraction of sp³-hybridized carbons (Fsp3) is 0.375. The lowest BCUT2D eigenvalue weighted by Crippen LogP contribution is -1.87. The van der Waals surface area contributed by atoms with Crippen LogP contribution in [0.4, 0.5) is 0 Å². The molecule has 0 unspecified atom stereocenters. The summed E-state index contributed by atoms with van der Waals surface area (Å²) in [5.41, 5.74) is 0. The summed E-state index contributed by atoms with van der Waals surface area (Å²) < 4.78 is 0. The Morgan fingerprint density at radius 1 is 1.42 bits per heavy atom. The van der Waals surface area contributed by atoms with E-state index in [9.17, 15) is 0 Å². The second-order valence-corrected chi connectivity index (χ2v) is 5.03. The molecule has 12 heavy (non-hydrogen) atoms. The van der Waals surface area contributed by atoms with Gasteiger partial charge in [-0.15, -0.1) is 11.8 Å². The van der Waals surface area contributed by atoms with Crippen molar-refractivity contribution in [2.75, 3.05) is 0 Å². The molecule has 0 N–H and O–H groups in total. The summed E-state index contributed by atoms with van der Waals surface area (Å²) in [6.07, 6.45) is 1.74. The van der Waals surface area contributed by atoms with E-state index in [0.29, 0.717) is 15.4 Å². The smallest absolute Gasteiger partial charge is 0.147 e. The van der Waals surface area contributed by atoms with E-state index >= 15 is 0 Å². The Labute approximate surface area is 86.5 Å². The van der Waals surface area contributed by atoms with E-state index < -0.39 is 0 Å². The number of pyridine rings is 1. The van der Waals surface area contributed by atoms with Crippen LogP contribution in [0.2, 0.25) is 10.2 Å². The van der Waals surface area contributed by atoms with Crippen molar-refractivity contribution in [3.8, 4) is 0 Å². The molecule has 1 aromatic rings. The standard InChI is InChI=1S/C8H9Cl2NS/c1-5(2)12-6-3-7(9)8(10)11-4-6/h3-5H,1-2H3. The van der Waals surface area contributed by atoms with E-state index in [0.717, 1.165) is 4.90 Å². The lowest BCUT2D eigenvalue weighted by atomic mass is 10.5. The first-order chi connectivity index (χ1) is 5.59. The molecule has 0 radical (unpaired) electrons. The van der Waals surface area contributed by atoms with Gasteiger partial charge in [-0.1, -0.05) is 37.0 Å². The molecule has 1 heterocycles. The first-order valence-electron chi connectivity index (χ1n) is 3.57. The Balaban J connectivity index is 2.82. The van der Waals surface area contributed by atoms with E-state index in [1.165, 1.54) is 0 Å². The normalized spacial score (nSPS) is 10.8. The van der Waals surface area contributed by atoms with Crippen molar-refractivity contribution in [2.24, 2.45) is 0 Å². The first kappa shape index (κ1) is 10.2. The molecule has 0 aliphatic rings. The van der Waals surface area contributed by atoms with Gasteiger partial charge in [0.2, 0.25) is 0 Å². The van der Waals surface area contributed by atoms with Crippen molar-refractivity contribution in [2.45, 2.75) is 24.0 Å². The van der Waals surface area contributed by atoms with Gasteiger partial charge >= 0.3 is 0 Å². The summed E-state index contributed by atoms with van der Waals surface area (Å²) in [4.78, 5) is 5.00. The molecule has 1 rings (SSSR count). The summed E-state index contributed by atoms with van der Waals surface area (Å²) in [5, 5.41) is 1.41. The summed E-state index contributed by atoms with van der Waals surface area (Å²) in [5.74, 6) is 0. The van der Waals surface area contributed by atoms with Crippen molar-refractivity contribution < 1.29 is 0 Å². The Hall–Kier alpha value is 0.0800. The molecule has 4 heteroatoms. The quantitative estimate of drug-likeness (QED) is 0.556. The predicted octanol–water partition coefficient (Wildman–Crippen LogP) is 3.89. The Kier molecular flexibility index (Phi) is 3.69. The van der Waals surface area contributed by atoms with Crippen molar-refractivity contribution in [1.82, 2.24) is 4.98 Å². The molecule has 1 nitrogen and oxygen atoms in total. The van der Waals surface area contributed by atoms with Crippen LogP contribution in [0.15, 0.2) is 17.2 Å². The molecule has 66 valence electrons. The molecule has 0 spiro atoms. The molecule has 0 fully saturated rings. The summed E-state index contributed by atoms with van der Waals surface area (Å²) in [6.45, 7) is 4.24. The van der Waals surface area contributed by atoms with Crippen LogP contribution in [0.5, 0.6) is 0 Å². The zero-order valence-corrected chi connectivity index (χ0v) is 9.17. The van der Waals surface area contributed by atoms with Crippen LogP contribution in [0.3, 0.4) is 0 Å². The molecule has 1 aromatic heterocycles. The Morgan fingerprint density at radius 3 is 2.58 bits per heavy atom. The van der Waals surface area contributed by atoms with Crippen LogP contribution >= 0.6 is 35.0 Å². The maximum absolute atomic E-state index is 5.79. The van der Waals surface area contributed by atoms with Crippen molar-refractivity contribution >= 4 is 35.0 Å². The van der Waals surface area contributed by atoms with E-state index in [-0.39, 0.29) is 0 Å². The highest BCUT2D eigenvalue weighted by Crippen LogP contribution is 2.27. The second-order valence-electron chi connectivity index (χ2n) is 2.61. The SMILES string of the molecule is CC(C)Sc1cnc(Cl)c(Cl)c1. The topological polar surface area (TPSA) is 12.9 Å². The fourth-order valence-corrected chi connectivity index (χ4v) is 1.92. The first-order valence-corrected chi connectivity index (χ1v) is 5.21. The minimum atomic E-state index is 0.366. The van der Waals surface area contributed by atoms with E-state index in [4.69, 9.17) is 23.2 Å². The van der Waals surface area contributed by atoms with Gasteiger partial charge in [0.05, 0.1) is 5.02 Å². The predicted molar refractivity (Wildman–Crippen MR) is 55.3 cm³/mol. The number of aromatic nitrogens is 1. The van der Waals surface area contributed by atoms with E-state index in [2.05, 4.69) is 18.8 Å². The van der Waals surface area contributed by atoms with Crippen LogP contribution in [-0.4, -0.2) is 10.2 Å². The van der Waals surface area contributed by atoms with E-state index in [1.807, 2.05) is 6.07 Å². The maximum Gasteiger partial charge on any atom is 0.147 e. The fourth-order valence-electron chi connectivity index (χ4n) is 0.740. The van der Waals surface area contributed by atoms with Gasteiger partial charge in [-0.05, 0) is 6.07 Å². The second kappa shape index (κ2) is 4.35. The number of rotatable bonds is 2. The lowest BCUT2D eigenvalue weighted by molar-refractivity contribution is 1.10. The van der Waals surface area contributed by atoms with Gasteiger partial charge in [0, 0.05) is 16.3 Å². The highest BCUT2D eigenvalue weighted by molar-refractivity contribution is 7.99. The van der Waals surface area contributed by atoms with Crippen LogP contribution in [0.1, 0.15) is 13.8 Å². The van der Waals surface area contributed by atoms with Crippen molar-refractivity contribution in [3.63, 3.8) is 0 Å². The van der Waals surface area contributed by atoms with Gasteiger partial charge in [-0.3, -0.25) is 0 Å². The van der Waals surface area contributed by atoms with Crippen LogP contribution in [-0.2, 0) is 0 Å². The van der Waals surface area contributed by atoms with Gasteiger partial charge < -0.3 is 0 Å². The lowest BCUT2D eigenvalue weighted by Gasteiger charge is -2.04. The average molecular weight is 222 g/mol. The molecule has 0 aromatic carbocycles. The number of hydrogen-bond donors (Lipinski definition) is 0. The maximum atomic E-state index is 5.79. The van der Waals surface area contributed by atoms with Crippen molar-refractivity contribution in [3.05, 3.63) is 22.4 Å². The average Bonchev–Trinajstić information content (AvgIpc) is 1.96. The summed E-state index contributed by atoms with van der Waals surface area (Å²) in [6, 6.07) is 1.83. The molecule has 0 bridgehead atoms. The minimum absolute atomic E-state index is 0.366. The minimum Gasteiger partial charge on any atom is -0.242 e. The molecule has 0 aliphatic carbocycles. The molecular formula is C8H9Cl2NS. The molecule has 0 atom stereocenters. The monoisotopic (exact) mass is 221 g/mol. The third kappa shape index (κ3) is 2.85.